The van der Waals surface area contributed by atoms with Gasteiger partial charge in [-0.25, -0.2) is 4.79 Å². The quantitative estimate of drug-likeness (QED) is 0.202. The summed E-state index contributed by atoms with van der Waals surface area (Å²) in [7, 11) is 0. The van der Waals surface area contributed by atoms with Crippen molar-refractivity contribution in [2.24, 2.45) is 0 Å². The second-order valence-corrected chi connectivity index (χ2v) is 10.6. The molecule has 0 aromatic heterocycles. The van der Waals surface area contributed by atoms with Gasteiger partial charge in [-0.2, -0.15) is 0 Å². The van der Waals surface area contributed by atoms with Crippen LogP contribution in [-0.2, 0) is 32.1 Å². The molecule has 0 saturated heterocycles. The predicted octanol–water partition coefficient (Wildman–Crippen LogP) is 5.89. The third-order valence-corrected chi connectivity index (χ3v) is 6.24. The monoisotopic (exact) mass is 544 g/mol. The van der Waals surface area contributed by atoms with Crippen LogP contribution in [0.4, 0.5) is 4.79 Å². The van der Waals surface area contributed by atoms with Crippen molar-refractivity contribution in [3.05, 3.63) is 108 Å². The van der Waals surface area contributed by atoms with Gasteiger partial charge in [0.1, 0.15) is 24.0 Å². The molecule has 0 saturated carbocycles. The summed E-state index contributed by atoms with van der Waals surface area (Å²) >= 11 is 0. The van der Waals surface area contributed by atoms with Gasteiger partial charge in [0.15, 0.2) is 0 Å². The molecular formula is C33H40N2O5. The molecule has 2 atom stereocenters. The van der Waals surface area contributed by atoms with Gasteiger partial charge in [-0.1, -0.05) is 91.0 Å². The van der Waals surface area contributed by atoms with E-state index in [-0.39, 0.29) is 12.5 Å². The van der Waals surface area contributed by atoms with Crippen LogP contribution in [-0.4, -0.2) is 48.0 Å². The number of aldehydes is 1. The van der Waals surface area contributed by atoms with E-state index in [9.17, 15) is 14.4 Å². The van der Waals surface area contributed by atoms with Crippen LogP contribution in [0.15, 0.2) is 91.0 Å². The van der Waals surface area contributed by atoms with Gasteiger partial charge in [-0.05, 0) is 56.7 Å². The minimum Gasteiger partial charge on any atom is -0.444 e. The van der Waals surface area contributed by atoms with E-state index in [1.54, 1.807) is 25.7 Å². The van der Waals surface area contributed by atoms with E-state index in [4.69, 9.17) is 9.47 Å². The van der Waals surface area contributed by atoms with Gasteiger partial charge in [0, 0.05) is 13.2 Å². The maximum atomic E-state index is 14.1. The van der Waals surface area contributed by atoms with E-state index in [1.807, 2.05) is 91.0 Å². The Balaban J connectivity index is 1.78. The van der Waals surface area contributed by atoms with Crippen molar-refractivity contribution in [2.75, 3.05) is 13.2 Å². The van der Waals surface area contributed by atoms with Gasteiger partial charge in [0.2, 0.25) is 5.91 Å². The van der Waals surface area contributed by atoms with Crippen molar-refractivity contribution in [1.82, 2.24) is 10.2 Å². The molecule has 0 radical (unpaired) electrons. The highest BCUT2D eigenvalue weighted by atomic mass is 16.6. The molecule has 7 nitrogen and oxygen atoms in total. The van der Waals surface area contributed by atoms with Gasteiger partial charge >= 0.3 is 6.09 Å². The second-order valence-electron chi connectivity index (χ2n) is 10.6. The third kappa shape index (κ3) is 10.3. The van der Waals surface area contributed by atoms with Gasteiger partial charge in [0.05, 0.1) is 6.61 Å². The zero-order valence-corrected chi connectivity index (χ0v) is 23.6. The Bertz CT molecular complexity index is 1180. The summed E-state index contributed by atoms with van der Waals surface area (Å²) in [6, 6.07) is 27.1. The Morgan fingerprint density at radius 2 is 1.45 bits per heavy atom. The molecule has 212 valence electrons. The molecule has 7 heteroatoms. The average molecular weight is 545 g/mol. The number of nitrogens with one attached hydrogen (secondary N) is 1. The van der Waals surface area contributed by atoms with Crippen molar-refractivity contribution in [2.45, 2.75) is 64.3 Å². The molecule has 3 aromatic carbocycles. The number of alkyl carbamates (subject to hydrolysis) is 1. The summed E-state index contributed by atoms with van der Waals surface area (Å²) in [5.74, 6) is -0.342. The highest BCUT2D eigenvalue weighted by molar-refractivity contribution is 5.88. The molecule has 0 aliphatic heterocycles. The van der Waals surface area contributed by atoms with E-state index in [0.717, 1.165) is 17.4 Å². The minimum atomic E-state index is -0.883. The van der Waals surface area contributed by atoms with Crippen molar-refractivity contribution in [3.63, 3.8) is 0 Å². The minimum absolute atomic E-state index is 0.282. The molecule has 2 unspecified atom stereocenters. The van der Waals surface area contributed by atoms with Crippen LogP contribution in [0.2, 0.25) is 0 Å². The highest BCUT2D eigenvalue weighted by Gasteiger charge is 2.32. The Labute approximate surface area is 237 Å². The third-order valence-electron chi connectivity index (χ3n) is 6.24. The molecular weight excluding hydrogens is 504 g/mol. The summed E-state index contributed by atoms with van der Waals surface area (Å²) < 4.78 is 11.3. The lowest BCUT2D eigenvalue weighted by molar-refractivity contribution is -0.139. The Hall–Kier alpha value is -3.97. The normalized spacial score (nSPS) is 12.7. The fraction of sp³-hybridized carbons (Fsp3) is 0.364. The zero-order chi connectivity index (χ0) is 28.8. The number of nitrogens with zero attached hydrogens (tertiary/aromatic N) is 1. The number of amides is 2. The summed E-state index contributed by atoms with van der Waals surface area (Å²) in [5.41, 5.74) is 2.09. The van der Waals surface area contributed by atoms with E-state index in [1.165, 1.54) is 0 Å². The fourth-order valence-corrected chi connectivity index (χ4v) is 4.33. The van der Waals surface area contributed by atoms with Crippen molar-refractivity contribution in [1.29, 1.82) is 0 Å². The molecule has 0 spiro atoms. The standard InChI is InChI=1S/C33H40N2O5/c1-33(2,3)40-32(38)34-29(21-20-26-14-7-4-8-15-26)31(37)35(30(24-36)28-18-11-6-12-19-28)22-13-23-39-25-27-16-9-5-10-17-27/h4-12,14-19,24,29-30H,13,20-23,25H2,1-3H3,(H,34,38). The first-order chi connectivity index (χ1) is 19.3. The van der Waals surface area contributed by atoms with Gasteiger partial charge in [0.25, 0.3) is 0 Å². The first-order valence-electron chi connectivity index (χ1n) is 13.7. The maximum Gasteiger partial charge on any atom is 0.408 e. The van der Waals surface area contributed by atoms with Crippen LogP contribution < -0.4 is 5.32 Å². The number of benzene rings is 3. The van der Waals surface area contributed by atoms with Gasteiger partial charge < -0.3 is 24.5 Å². The number of carbonyl (C=O) groups is 3. The fourth-order valence-electron chi connectivity index (χ4n) is 4.33. The van der Waals surface area contributed by atoms with Crippen LogP contribution in [0.25, 0.3) is 0 Å². The summed E-state index contributed by atoms with van der Waals surface area (Å²) in [6.45, 7) is 6.47. The first-order valence-corrected chi connectivity index (χ1v) is 13.7. The topological polar surface area (TPSA) is 84.9 Å². The molecule has 3 aromatic rings. The number of aryl methyl sites for hydroxylation is 1. The molecule has 2 amide bonds. The number of hydrogen-bond acceptors (Lipinski definition) is 5. The second kappa shape index (κ2) is 15.6. The summed E-state index contributed by atoms with van der Waals surface area (Å²) in [6.07, 6.45) is 1.54. The Morgan fingerprint density at radius 3 is 2.02 bits per heavy atom. The lowest BCUT2D eigenvalue weighted by Crippen LogP contribution is -2.51. The number of carbonyl (C=O) groups excluding carboxylic acids is 3. The lowest BCUT2D eigenvalue weighted by atomic mass is 10.0. The molecule has 1 N–H and O–H groups in total. The number of rotatable bonds is 14. The van der Waals surface area contributed by atoms with Gasteiger partial charge in [-0.15, -0.1) is 0 Å². The molecule has 0 aliphatic carbocycles. The van der Waals surface area contributed by atoms with E-state index in [0.29, 0.717) is 38.0 Å². The van der Waals surface area contributed by atoms with Crippen LogP contribution >= 0.6 is 0 Å². The molecule has 0 aliphatic rings. The average Bonchev–Trinajstić information content (AvgIpc) is 2.95. The van der Waals surface area contributed by atoms with E-state index in [2.05, 4.69) is 5.32 Å². The lowest BCUT2D eigenvalue weighted by Gasteiger charge is -2.33. The molecule has 3 rings (SSSR count). The number of ether oxygens (including phenoxy) is 2. The van der Waals surface area contributed by atoms with Gasteiger partial charge in [-0.3, -0.25) is 4.79 Å². The Kier molecular flexibility index (Phi) is 11.9. The predicted molar refractivity (Wildman–Crippen MR) is 156 cm³/mol. The van der Waals surface area contributed by atoms with E-state index < -0.39 is 23.8 Å². The molecule has 0 heterocycles. The summed E-state index contributed by atoms with van der Waals surface area (Å²) in [5, 5.41) is 2.78. The molecule has 0 bridgehead atoms. The van der Waals surface area contributed by atoms with Crippen LogP contribution in [0.1, 0.15) is 56.3 Å². The van der Waals surface area contributed by atoms with Crippen LogP contribution in [0, 0.1) is 0 Å². The number of hydrogen-bond donors (Lipinski definition) is 1. The summed E-state index contributed by atoms with van der Waals surface area (Å²) in [4.78, 5) is 40.8. The van der Waals surface area contributed by atoms with Crippen molar-refractivity contribution in [3.8, 4) is 0 Å². The van der Waals surface area contributed by atoms with Crippen LogP contribution in [0.3, 0.4) is 0 Å². The first kappa shape index (κ1) is 30.6. The Morgan fingerprint density at radius 1 is 0.875 bits per heavy atom. The molecule has 0 fully saturated rings. The smallest absolute Gasteiger partial charge is 0.408 e. The van der Waals surface area contributed by atoms with Crippen molar-refractivity contribution < 1.29 is 23.9 Å². The largest absolute Gasteiger partial charge is 0.444 e. The zero-order valence-electron chi connectivity index (χ0n) is 23.6. The molecule has 40 heavy (non-hydrogen) atoms. The highest BCUT2D eigenvalue weighted by Crippen LogP contribution is 2.22. The van der Waals surface area contributed by atoms with Crippen LogP contribution in [0.5, 0.6) is 0 Å². The van der Waals surface area contributed by atoms with E-state index >= 15 is 0 Å². The maximum absolute atomic E-state index is 14.1. The SMILES string of the molecule is CC(C)(C)OC(=O)NC(CCc1ccccc1)C(=O)N(CCCOCc1ccccc1)C(C=O)c1ccccc1. The van der Waals surface area contributed by atoms with Crippen molar-refractivity contribution >= 4 is 18.3 Å².